The average Bonchev–Trinajstić information content (AvgIpc) is 2.36. The second-order valence-electron chi connectivity index (χ2n) is 4.81. The highest BCUT2D eigenvalue weighted by Crippen LogP contribution is 2.26. The van der Waals surface area contributed by atoms with Crippen LogP contribution in [0.5, 0.6) is 0 Å². The number of nitrogens with zero attached hydrogens (tertiary/aromatic N) is 2. The molecule has 1 aliphatic carbocycles. The highest BCUT2D eigenvalue weighted by molar-refractivity contribution is 5.79. The van der Waals surface area contributed by atoms with Crippen LogP contribution in [0.3, 0.4) is 0 Å². The Bertz CT molecular complexity index is 459. The van der Waals surface area contributed by atoms with Crippen molar-refractivity contribution in [1.29, 1.82) is 0 Å². The maximum atomic E-state index is 11.0. The molecule has 0 aromatic carbocycles. The van der Waals surface area contributed by atoms with E-state index in [1.165, 1.54) is 18.4 Å². The molecule has 18 heavy (non-hydrogen) atoms. The first-order chi connectivity index (χ1) is 8.61. The smallest absolute Gasteiger partial charge is 0.236 e. The number of pyridine rings is 1. The molecule has 1 amide bonds. The van der Waals surface area contributed by atoms with E-state index in [1.807, 2.05) is 7.05 Å². The number of rotatable bonds is 4. The SMILES string of the molecule is CN(CC(N)=O)c1nc2c(cc1CN)CCCC2. The van der Waals surface area contributed by atoms with Gasteiger partial charge in [0.15, 0.2) is 0 Å². The Balaban J connectivity index is 2.35. The Morgan fingerprint density at radius 3 is 2.83 bits per heavy atom. The van der Waals surface area contributed by atoms with Gasteiger partial charge in [0, 0.05) is 24.8 Å². The largest absolute Gasteiger partial charge is 0.368 e. The number of carbonyl (C=O) groups is 1. The van der Waals surface area contributed by atoms with Crippen LogP contribution in [0.15, 0.2) is 6.07 Å². The number of hydrogen-bond acceptors (Lipinski definition) is 4. The second kappa shape index (κ2) is 5.35. The van der Waals surface area contributed by atoms with Crippen molar-refractivity contribution in [3.63, 3.8) is 0 Å². The number of fused-ring (bicyclic) bond motifs is 1. The fourth-order valence-corrected chi connectivity index (χ4v) is 2.46. The lowest BCUT2D eigenvalue weighted by molar-refractivity contribution is -0.116. The standard InChI is InChI=1S/C13H20N4O/c1-17(8-12(15)18)13-10(7-14)6-9-4-2-3-5-11(9)16-13/h6H,2-5,7-8,14H2,1H3,(H2,15,18). The minimum absolute atomic E-state index is 0.165. The first-order valence-corrected chi connectivity index (χ1v) is 6.33. The first kappa shape index (κ1) is 12.8. The van der Waals surface area contributed by atoms with Gasteiger partial charge in [-0.25, -0.2) is 4.98 Å². The van der Waals surface area contributed by atoms with Gasteiger partial charge in [-0.2, -0.15) is 0 Å². The zero-order valence-corrected chi connectivity index (χ0v) is 10.8. The van der Waals surface area contributed by atoms with E-state index >= 15 is 0 Å². The Labute approximate surface area is 107 Å². The summed E-state index contributed by atoms with van der Waals surface area (Å²) in [4.78, 5) is 17.4. The highest BCUT2D eigenvalue weighted by Gasteiger charge is 2.17. The lowest BCUT2D eigenvalue weighted by atomic mass is 9.94. The van der Waals surface area contributed by atoms with Crippen molar-refractivity contribution in [2.24, 2.45) is 11.5 Å². The number of hydrogen-bond donors (Lipinski definition) is 2. The zero-order valence-electron chi connectivity index (χ0n) is 10.8. The molecule has 0 atom stereocenters. The maximum absolute atomic E-state index is 11.0. The van der Waals surface area contributed by atoms with Gasteiger partial charge >= 0.3 is 0 Å². The Morgan fingerprint density at radius 2 is 2.17 bits per heavy atom. The van der Waals surface area contributed by atoms with Crippen molar-refractivity contribution in [2.75, 3.05) is 18.5 Å². The Kier molecular flexibility index (Phi) is 3.81. The normalized spacial score (nSPS) is 14.1. The van der Waals surface area contributed by atoms with Gasteiger partial charge in [0.2, 0.25) is 5.91 Å². The summed E-state index contributed by atoms with van der Waals surface area (Å²) >= 11 is 0. The van der Waals surface area contributed by atoms with E-state index in [0.717, 1.165) is 29.9 Å². The van der Waals surface area contributed by atoms with Crippen LogP contribution in [0.25, 0.3) is 0 Å². The number of anilines is 1. The lowest BCUT2D eigenvalue weighted by Crippen LogP contribution is -2.32. The van der Waals surface area contributed by atoms with Gasteiger partial charge < -0.3 is 16.4 Å². The minimum Gasteiger partial charge on any atom is -0.368 e. The van der Waals surface area contributed by atoms with E-state index in [-0.39, 0.29) is 12.5 Å². The van der Waals surface area contributed by atoms with Crippen LogP contribution in [0.1, 0.15) is 29.7 Å². The molecule has 0 aliphatic heterocycles. The van der Waals surface area contributed by atoms with Crippen LogP contribution in [0, 0.1) is 0 Å². The van der Waals surface area contributed by atoms with Gasteiger partial charge in [0.1, 0.15) is 5.82 Å². The van der Waals surface area contributed by atoms with Gasteiger partial charge in [0.25, 0.3) is 0 Å². The molecule has 0 radical (unpaired) electrons. The molecular weight excluding hydrogens is 228 g/mol. The number of amides is 1. The van der Waals surface area contributed by atoms with Crippen molar-refractivity contribution < 1.29 is 4.79 Å². The molecule has 0 unspecified atom stereocenters. The molecule has 1 heterocycles. The van der Waals surface area contributed by atoms with Gasteiger partial charge in [-0.1, -0.05) is 0 Å². The predicted molar refractivity (Wildman–Crippen MR) is 71.2 cm³/mol. The molecule has 0 saturated carbocycles. The number of carbonyl (C=O) groups excluding carboxylic acids is 1. The number of likely N-dealkylation sites (N-methyl/N-ethyl adjacent to an activating group) is 1. The third-order valence-corrected chi connectivity index (χ3v) is 3.33. The maximum Gasteiger partial charge on any atom is 0.236 e. The van der Waals surface area contributed by atoms with Crippen LogP contribution in [0.2, 0.25) is 0 Å². The van der Waals surface area contributed by atoms with E-state index < -0.39 is 0 Å². The molecule has 5 nitrogen and oxygen atoms in total. The molecule has 0 saturated heterocycles. The summed E-state index contributed by atoms with van der Waals surface area (Å²) in [5.74, 6) is 0.428. The minimum atomic E-state index is -0.361. The molecule has 0 fully saturated rings. The van der Waals surface area contributed by atoms with Crippen LogP contribution >= 0.6 is 0 Å². The van der Waals surface area contributed by atoms with Gasteiger partial charge in [-0.05, 0) is 37.3 Å². The van der Waals surface area contributed by atoms with E-state index in [4.69, 9.17) is 11.5 Å². The Hall–Kier alpha value is -1.62. The molecule has 0 spiro atoms. The summed E-state index contributed by atoms with van der Waals surface area (Å²) < 4.78 is 0. The zero-order chi connectivity index (χ0) is 13.1. The Morgan fingerprint density at radius 1 is 1.44 bits per heavy atom. The molecule has 1 aliphatic rings. The topological polar surface area (TPSA) is 85.2 Å². The fourth-order valence-electron chi connectivity index (χ4n) is 2.46. The van der Waals surface area contributed by atoms with Crippen molar-refractivity contribution in [1.82, 2.24) is 4.98 Å². The van der Waals surface area contributed by atoms with E-state index in [1.54, 1.807) is 4.90 Å². The average molecular weight is 248 g/mol. The molecule has 4 N–H and O–H groups in total. The highest BCUT2D eigenvalue weighted by atomic mass is 16.1. The van der Waals surface area contributed by atoms with Gasteiger partial charge in [-0.3, -0.25) is 4.79 Å². The van der Waals surface area contributed by atoms with Gasteiger partial charge in [0.05, 0.1) is 6.54 Å². The molecule has 1 aromatic rings. The molecule has 98 valence electrons. The first-order valence-electron chi connectivity index (χ1n) is 6.33. The van der Waals surface area contributed by atoms with Crippen molar-refractivity contribution >= 4 is 11.7 Å². The number of nitrogens with two attached hydrogens (primary N) is 2. The van der Waals surface area contributed by atoms with Crippen LogP contribution in [-0.2, 0) is 24.2 Å². The summed E-state index contributed by atoms with van der Waals surface area (Å²) in [6.45, 7) is 0.595. The van der Waals surface area contributed by atoms with E-state index in [0.29, 0.717) is 6.54 Å². The third kappa shape index (κ3) is 2.61. The number of aromatic nitrogens is 1. The summed E-state index contributed by atoms with van der Waals surface area (Å²) in [5.41, 5.74) is 14.4. The summed E-state index contributed by atoms with van der Waals surface area (Å²) in [5, 5.41) is 0. The summed E-state index contributed by atoms with van der Waals surface area (Å²) in [7, 11) is 1.82. The van der Waals surface area contributed by atoms with E-state index in [9.17, 15) is 4.79 Å². The lowest BCUT2D eigenvalue weighted by Gasteiger charge is -2.23. The van der Waals surface area contributed by atoms with Gasteiger partial charge in [-0.15, -0.1) is 0 Å². The van der Waals surface area contributed by atoms with Crippen LogP contribution in [0.4, 0.5) is 5.82 Å². The molecule has 0 bridgehead atoms. The van der Waals surface area contributed by atoms with Crippen molar-refractivity contribution in [2.45, 2.75) is 32.2 Å². The summed E-state index contributed by atoms with van der Waals surface area (Å²) in [6.07, 6.45) is 4.49. The fraction of sp³-hybridized carbons (Fsp3) is 0.538. The number of primary amides is 1. The van der Waals surface area contributed by atoms with Crippen LogP contribution < -0.4 is 16.4 Å². The molecule has 1 aromatic heterocycles. The monoisotopic (exact) mass is 248 g/mol. The van der Waals surface area contributed by atoms with E-state index in [2.05, 4.69) is 11.1 Å². The van der Waals surface area contributed by atoms with Crippen molar-refractivity contribution in [3.8, 4) is 0 Å². The molecule has 2 rings (SSSR count). The second-order valence-corrected chi connectivity index (χ2v) is 4.81. The molecule has 5 heteroatoms. The quantitative estimate of drug-likeness (QED) is 0.804. The third-order valence-electron chi connectivity index (χ3n) is 3.33. The van der Waals surface area contributed by atoms with Crippen molar-refractivity contribution in [3.05, 3.63) is 22.9 Å². The van der Waals surface area contributed by atoms with Crippen LogP contribution in [-0.4, -0.2) is 24.5 Å². The predicted octanol–water partition coefficient (Wildman–Crippen LogP) is 0.341. The molecular formula is C13H20N4O. The number of aryl methyl sites for hydroxylation is 2. The summed E-state index contributed by atoms with van der Waals surface area (Å²) in [6, 6.07) is 2.13.